The van der Waals surface area contributed by atoms with Crippen LogP contribution in [0.3, 0.4) is 0 Å². The van der Waals surface area contributed by atoms with E-state index in [4.69, 9.17) is 4.74 Å². The topological polar surface area (TPSA) is 163 Å². The third-order valence-corrected chi connectivity index (χ3v) is 9.09. The number of hydrogen-bond donors (Lipinski definition) is 5. The largest absolute Gasteiger partial charge is 0.494 e. The maximum atomic E-state index is 13.8. The summed E-state index contributed by atoms with van der Waals surface area (Å²) in [5.74, 6) is -2.00. The smallest absolute Gasteiger partial charge is 0.243 e. The number of aliphatic hydroxyl groups excluding tert-OH is 1. The number of nitrogens with one attached hydrogen (secondary N) is 4. The molecule has 0 radical (unpaired) electrons. The summed E-state index contributed by atoms with van der Waals surface area (Å²) in [5.41, 5.74) is 1.57. The zero-order valence-electron chi connectivity index (χ0n) is 31.0. The minimum Gasteiger partial charge on any atom is -0.494 e. The Labute approximate surface area is 297 Å². The number of carbonyl (C=O) groups excluding carboxylic acids is 5. The molecule has 11 nitrogen and oxygen atoms in total. The predicted octanol–water partition coefficient (Wildman–Crippen LogP) is 3.90. The maximum absolute atomic E-state index is 13.8. The van der Waals surface area contributed by atoms with Gasteiger partial charge in [0.25, 0.3) is 0 Å². The molecule has 0 aromatic heterocycles. The van der Waals surface area contributed by atoms with Crippen molar-refractivity contribution in [3.8, 4) is 5.75 Å². The zero-order chi connectivity index (χ0) is 37.4. The van der Waals surface area contributed by atoms with Gasteiger partial charge >= 0.3 is 0 Å². The van der Waals surface area contributed by atoms with Gasteiger partial charge in [0.05, 0.1) is 37.6 Å². The highest BCUT2D eigenvalue weighted by molar-refractivity contribution is 5.92. The van der Waals surface area contributed by atoms with Gasteiger partial charge < -0.3 is 31.1 Å². The Kier molecular flexibility index (Phi) is 17.7. The van der Waals surface area contributed by atoms with E-state index in [1.54, 1.807) is 6.07 Å². The fraction of sp³-hybridized carbons (Fsp3) is 0.564. The second-order valence-corrected chi connectivity index (χ2v) is 13.5. The molecule has 4 amide bonds. The second kappa shape index (κ2) is 21.1. The lowest BCUT2D eigenvalue weighted by atomic mass is 9.94. The molecule has 0 saturated heterocycles. The van der Waals surface area contributed by atoms with E-state index >= 15 is 0 Å². The highest BCUT2D eigenvalue weighted by atomic mass is 16.5. The van der Waals surface area contributed by atoms with Gasteiger partial charge in [0.2, 0.25) is 23.6 Å². The number of aliphatic hydroxyl groups is 1. The summed E-state index contributed by atoms with van der Waals surface area (Å²) < 4.78 is 5.55. The van der Waals surface area contributed by atoms with Crippen LogP contribution in [0.5, 0.6) is 5.75 Å². The van der Waals surface area contributed by atoms with Gasteiger partial charge in [-0.1, -0.05) is 96.8 Å². The molecule has 0 aliphatic heterocycles. The second-order valence-electron chi connectivity index (χ2n) is 13.5. The molecule has 0 bridgehead atoms. The lowest BCUT2D eigenvalue weighted by Crippen LogP contribution is -2.57. The molecule has 0 fully saturated rings. The quantitative estimate of drug-likeness (QED) is 0.132. The van der Waals surface area contributed by atoms with Crippen LogP contribution in [0.1, 0.15) is 85.8 Å². The van der Waals surface area contributed by atoms with E-state index in [0.29, 0.717) is 25.2 Å². The van der Waals surface area contributed by atoms with Crippen molar-refractivity contribution in [1.29, 1.82) is 0 Å². The Morgan fingerprint density at radius 1 is 0.700 bits per heavy atom. The van der Waals surface area contributed by atoms with Crippen LogP contribution in [0.25, 0.3) is 0 Å². The first-order valence-electron chi connectivity index (χ1n) is 17.8. The summed E-state index contributed by atoms with van der Waals surface area (Å²) in [5, 5.41) is 22.8. The Morgan fingerprint density at radius 3 is 1.80 bits per heavy atom. The van der Waals surface area contributed by atoms with E-state index in [-0.39, 0.29) is 42.3 Å². The summed E-state index contributed by atoms with van der Waals surface area (Å²) in [7, 11) is 0. The third-order valence-electron chi connectivity index (χ3n) is 9.09. The van der Waals surface area contributed by atoms with Crippen molar-refractivity contribution in [2.75, 3.05) is 6.61 Å². The number of Topliss-reactive ketones (excluding diaryl/α,β-unsaturated/α-hetero) is 1. The minimum atomic E-state index is -1.32. The van der Waals surface area contributed by atoms with Gasteiger partial charge in [0, 0.05) is 0 Å². The summed E-state index contributed by atoms with van der Waals surface area (Å²) >= 11 is 0. The van der Waals surface area contributed by atoms with Gasteiger partial charge in [-0.25, -0.2) is 0 Å². The molecule has 0 heterocycles. The average molecular weight is 695 g/mol. The number of hydrogen-bond acceptors (Lipinski definition) is 7. The molecular formula is C39H58N4O7. The van der Waals surface area contributed by atoms with Gasteiger partial charge in [-0.3, -0.25) is 24.0 Å². The lowest BCUT2D eigenvalue weighted by molar-refractivity contribution is -0.134. The highest BCUT2D eigenvalue weighted by Gasteiger charge is 2.33. The van der Waals surface area contributed by atoms with Crippen molar-refractivity contribution in [2.45, 2.75) is 118 Å². The van der Waals surface area contributed by atoms with E-state index in [0.717, 1.165) is 11.1 Å². The van der Waals surface area contributed by atoms with Gasteiger partial charge in [-0.05, 0) is 61.3 Å². The molecule has 0 aliphatic rings. The maximum Gasteiger partial charge on any atom is 0.243 e. The molecule has 2 aromatic carbocycles. The molecule has 0 unspecified atom stereocenters. The van der Waals surface area contributed by atoms with Crippen molar-refractivity contribution in [2.24, 2.45) is 17.8 Å². The monoisotopic (exact) mass is 694 g/mol. The number of rotatable bonds is 21. The van der Waals surface area contributed by atoms with Crippen LogP contribution >= 0.6 is 0 Å². The standard InChI is InChI=1S/C39H58N4O7/c1-9-25(6)36(41-33(46)22-29-18-15-19-30(20-29)50-11-3)38(48)40-31(21-28-16-13-12-14-17-28)32(45)23-34(47)42-37(26(7)10-2)39(49)43-35(24(4)5)27(8)44/h12-20,24-26,31-32,35-37,45H,9-11,21-23H2,1-8H3,(H,40,48)(H,41,46)(H,42,47)(H,43,49)/t25-,26-,31-,32-,35-,36-,37-/m0/s1. The molecule has 0 spiro atoms. The van der Waals surface area contributed by atoms with Crippen LogP contribution in [0.4, 0.5) is 0 Å². The van der Waals surface area contributed by atoms with Gasteiger partial charge in [-0.15, -0.1) is 0 Å². The van der Waals surface area contributed by atoms with Crippen molar-refractivity contribution >= 4 is 29.4 Å². The fourth-order valence-corrected chi connectivity index (χ4v) is 5.69. The molecule has 2 aromatic rings. The summed E-state index contributed by atoms with van der Waals surface area (Å²) in [6.07, 6.45) is -0.263. The summed E-state index contributed by atoms with van der Waals surface area (Å²) in [6, 6.07) is 13.1. The van der Waals surface area contributed by atoms with Crippen LogP contribution in [-0.4, -0.2) is 71.4 Å². The zero-order valence-corrected chi connectivity index (χ0v) is 31.0. The molecule has 0 aliphatic carbocycles. The van der Waals surface area contributed by atoms with E-state index < -0.39 is 54.4 Å². The van der Waals surface area contributed by atoms with Crippen molar-refractivity contribution in [1.82, 2.24) is 21.3 Å². The Morgan fingerprint density at radius 2 is 1.26 bits per heavy atom. The Bertz CT molecular complexity index is 1400. The predicted molar refractivity (Wildman–Crippen MR) is 194 cm³/mol. The fourth-order valence-electron chi connectivity index (χ4n) is 5.69. The van der Waals surface area contributed by atoms with Gasteiger partial charge in [0.15, 0.2) is 5.78 Å². The number of ketones is 1. The lowest BCUT2D eigenvalue weighted by Gasteiger charge is -2.30. The molecule has 7 atom stereocenters. The number of ether oxygens (including phenoxy) is 1. The summed E-state index contributed by atoms with van der Waals surface area (Å²) in [6.45, 7) is 15.0. The van der Waals surface area contributed by atoms with Crippen LogP contribution in [0, 0.1) is 17.8 Å². The van der Waals surface area contributed by atoms with Gasteiger partial charge in [0.1, 0.15) is 17.8 Å². The molecular weight excluding hydrogens is 636 g/mol. The first kappa shape index (κ1) is 41.9. The van der Waals surface area contributed by atoms with Crippen molar-refractivity contribution in [3.63, 3.8) is 0 Å². The minimum absolute atomic E-state index is 0.0482. The van der Waals surface area contributed by atoms with Crippen molar-refractivity contribution < 1.29 is 33.8 Å². The third kappa shape index (κ3) is 13.6. The van der Waals surface area contributed by atoms with Crippen LogP contribution < -0.4 is 26.0 Å². The van der Waals surface area contributed by atoms with Gasteiger partial charge in [-0.2, -0.15) is 0 Å². The van der Waals surface area contributed by atoms with Crippen LogP contribution in [0.2, 0.25) is 0 Å². The molecule has 2 rings (SSSR count). The molecule has 50 heavy (non-hydrogen) atoms. The van der Waals surface area contributed by atoms with E-state index in [1.165, 1.54) is 6.92 Å². The number of amides is 4. The summed E-state index contributed by atoms with van der Waals surface area (Å²) in [4.78, 5) is 65.8. The number of benzene rings is 2. The Balaban J connectivity index is 2.24. The molecule has 11 heteroatoms. The van der Waals surface area contributed by atoms with Crippen LogP contribution in [0.15, 0.2) is 54.6 Å². The van der Waals surface area contributed by atoms with E-state index in [1.807, 2.05) is 97.0 Å². The first-order chi connectivity index (χ1) is 23.7. The first-order valence-corrected chi connectivity index (χ1v) is 17.8. The molecule has 0 saturated carbocycles. The number of carbonyl (C=O) groups is 5. The normalized spacial score (nSPS) is 15.4. The molecule has 276 valence electrons. The Hall–Kier alpha value is -4.25. The molecule has 5 N–H and O–H groups in total. The SMILES string of the molecule is CCOc1cccc(CC(=O)N[C@H](C(=O)N[C@@H](Cc2ccccc2)[C@@H](O)CC(=O)N[C@H](C(=O)N[C@H](C(C)=O)C(C)C)[C@@H](C)CC)[C@@H](C)CC)c1. The average Bonchev–Trinajstić information content (AvgIpc) is 3.07. The van der Waals surface area contributed by atoms with Crippen molar-refractivity contribution in [3.05, 3.63) is 65.7 Å². The van der Waals surface area contributed by atoms with E-state index in [9.17, 15) is 29.1 Å². The van der Waals surface area contributed by atoms with Crippen LogP contribution in [-0.2, 0) is 36.8 Å². The highest BCUT2D eigenvalue weighted by Crippen LogP contribution is 2.17. The van der Waals surface area contributed by atoms with E-state index in [2.05, 4.69) is 21.3 Å².